The lowest BCUT2D eigenvalue weighted by molar-refractivity contribution is 1.01. The fourth-order valence-electron chi connectivity index (χ4n) is 2.32. The average Bonchev–Trinajstić information content (AvgIpc) is 2.92. The van der Waals surface area contributed by atoms with Gasteiger partial charge in [-0.2, -0.15) is 11.8 Å². The summed E-state index contributed by atoms with van der Waals surface area (Å²) in [5.74, 6) is 1.68. The molecular formula is C16H12Br2Cl2N2S. The molecule has 0 aliphatic carbocycles. The first-order chi connectivity index (χ1) is 11.0. The van der Waals surface area contributed by atoms with Crippen LogP contribution < -0.4 is 0 Å². The van der Waals surface area contributed by atoms with Crippen molar-refractivity contribution in [2.45, 2.75) is 18.4 Å². The first-order valence-electron chi connectivity index (χ1n) is 6.80. The van der Waals surface area contributed by atoms with Gasteiger partial charge < -0.3 is 0 Å². The first-order valence-corrected chi connectivity index (χ1v) is 10.3. The lowest BCUT2D eigenvalue weighted by Crippen LogP contribution is -1.98. The topological polar surface area (TPSA) is 17.3 Å². The van der Waals surface area contributed by atoms with E-state index in [0.29, 0.717) is 10.0 Å². The van der Waals surface area contributed by atoms with Gasteiger partial charge in [0.05, 0.1) is 16.4 Å². The number of fused-ring (bicyclic) bond motifs is 1. The number of nitrogens with zero attached hydrogens (tertiary/aromatic N) is 2. The molecule has 3 rings (SSSR count). The molecule has 7 heteroatoms. The Bertz CT molecular complexity index is 880. The van der Waals surface area contributed by atoms with E-state index >= 15 is 0 Å². The molecule has 2 heterocycles. The summed E-state index contributed by atoms with van der Waals surface area (Å²) in [6.45, 7) is 2.08. The summed E-state index contributed by atoms with van der Waals surface area (Å²) in [6.07, 6.45) is 1.93. The maximum absolute atomic E-state index is 6.22. The molecule has 2 nitrogen and oxygen atoms in total. The number of aromatic nitrogens is 2. The Morgan fingerprint density at radius 3 is 2.65 bits per heavy atom. The molecule has 0 amide bonds. The zero-order valence-corrected chi connectivity index (χ0v) is 17.6. The van der Waals surface area contributed by atoms with Gasteiger partial charge in [0, 0.05) is 31.7 Å². The minimum Gasteiger partial charge on any atom is -0.298 e. The summed E-state index contributed by atoms with van der Waals surface area (Å²) in [7, 11) is 0. The minimum absolute atomic E-state index is 0.663. The summed E-state index contributed by atoms with van der Waals surface area (Å²) in [5.41, 5.74) is 4.33. The molecule has 0 unspecified atom stereocenters. The van der Waals surface area contributed by atoms with Crippen LogP contribution in [0.25, 0.3) is 5.65 Å². The van der Waals surface area contributed by atoms with E-state index in [1.54, 1.807) is 17.8 Å². The highest BCUT2D eigenvalue weighted by Crippen LogP contribution is 2.30. The van der Waals surface area contributed by atoms with Gasteiger partial charge in [-0.05, 0) is 62.5 Å². The Hall–Kier alpha value is -0.200. The number of benzene rings is 1. The molecule has 23 heavy (non-hydrogen) atoms. The molecule has 0 saturated heterocycles. The molecule has 0 aliphatic heterocycles. The van der Waals surface area contributed by atoms with Gasteiger partial charge in [0.25, 0.3) is 0 Å². The number of pyridine rings is 1. The van der Waals surface area contributed by atoms with Crippen molar-refractivity contribution in [3.05, 3.63) is 66.4 Å². The van der Waals surface area contributed by atoms with E-state index in [0.717, 1.165) is 43.0 Å². The smallest absolute Gasteiger partial charge is 0.151 e. The van der Waals surface area contributed by atoms with E-state index < -0.39 is 0 Å². The Morgan fingerprint density at radius 1 is 1.13 bits per heavy atom. The number of rotatable bonds is 4. The standard InChI is InChI=1S/C16H12Br2Cl2N2S/c1-9-13(17)5-14(18)16-21-6-12(22(9)16)8-23-7-10-2-3-11(19)4-15(10)20/h2-6H,7-8H2,1H3. The van der Waals surface area contributed by atoms with E-state index in [1.807, 2.05) is 24.4 Å². The van der Waals surface area contributed by atoms with Crippen LogP contribution in [0.2, 0.25) is 10.0 Å². The average molecular weight is 495 g/mol. The van der Waals surface area contributed by atoms with Crippen LogP contribution in [0.3, 0.4) is 0 Å². The van der Waals surface area contributed by atoms with Crippen LogP contribution in [-0.2, 0) is 11.5 Å². The number of hydrogen-bond donors (Lipinski definition) is 0. The SMILES string of the molecule is Cc1c(Br)cc(Br)c2ncc(CSCc3ccc(Cl)cc3Cl)n12. The van der Waals surface area contributed by atoms with Crippen molar-refractivity contribution in [1.82, 2.24) is 9.38 Å². The summed E-state index contributed by atoms with van der Waals surface area (Å²) >= 11 is 21.1. The van der Waals surface area contributed by atoms with Crippen LogP contribution in [0.1, 0.15) is 17.0 Å². The van der Waals surface area contributed by atoms with Crippen LogP contribution in [0.5, 0.6) is 0 Å². The van der Waals surface area contributed by atoms with Crippen molar-refractivity contribution in [3.63, 3.8) is 0 Å². The number of imidazole rings is 1. The second-order valence-corrected chi connectivity index (χ2v) is 8.60. The zero-order valence-electron chi connectivity index (χ0n) is 12.1. The lowest BCUT2D eigenvalue weighted by atomic mass is 10.2. The van der Waals surface area contributed by atoms with Gasteiger partial charge in [-0.3, -0.25) is 4.40 Å². The normalized spacial score (nSPS) is 11.3. The predicted molar refractivity (Wildman–Crippen MR) is 107 cm³/mol. The molecule has 0 spiro atoms. The molecule has 0 bridgehead atoms. The van der Waals surface area contributed by atoms with Gasteiger partial charge in [0.15, 0.2) is 5.65 Å². The molecule has 0 saturated carbocycles. The third-order valence-corrected chi connectivity index (χ3v) is 6.49. The van der Waals surface area contributed by atoms with Gasteiger partial charge in [-0.25, -0.2) is 4.98 Å². The van der Waals surface area contributed by atoms with Crippen molar-refractivity contribution >= 4 is 72.5 Å². The molecule has 120 valence electrons. The summed E-state index contributed by atoms with van der Waals surface area (Å²) in [5, 5.41) is 1.38. The van der Waals surface area contributed by atoms with E-state index in [9.17, 15) is 0 Å². The first kappa shape index (κ1) is 17.6. The molecule has 0 atom stereocenters. The largest absolute Gasteiger partial charge is 0.298 e. The van der Waals surface area contributed by atoms with Gasteiger partial charge >= 0.3 is 0 Å². The van der Waals surface area contributed by atoms with Crippen molar-refractivity contribution in [3.8, 4) is 0 Å². The summed E-state index contributed by atoms with van der Waals surface area (Å²) in [6, 6.07) is 7.66. The van der Waals surface area contributed by atoms with E-state index in [4.69, 9.17) is 23.2 Å². The third kappa shape index (κ3) is 3.74. The number of aryl methyl sites for hydroxylation is 1. The van der Waals surface area contributed by atoms with Crippen molar-refractivity contribution in [2.75, 3.05) is 0 Å². The lowest BCUT2D eigenvalue weighted by Gasteiger charge is -2.09. The van der Waals surface area contributed by atoms with Crippen LogP contribution in [0.15, 0.2) is 39.4 Å². The van der Waals surface area contributed by atoms with Crippen molar-refractivity contribution in [1.29, 1.82) is 0 Å². The van der Waals surface area contributed by atoms with Crippen molar-refractivity contribution < 1.29 is 0 Å². The minimum atomic E-state index is 0.663. The second-order valence-electron chi connectivity index (χ2n) is 5.06. The second kappa shape index (κ2) is 7.36. The van der Waals surface area contributed by atoms with Crippen molar-refractivity contribution in [2.24, 2.45) is 0 Å². The highest BCUT2D eigenvalue weighted by atomic mass is 79.9. The molecular weight excluding hydrogens is 483 g/mol. The Balaban J connectivity index is 1.80. The van der Waals surface area contributed by atoms with E-state index in [2.05, 4.69) is 48.2 Å². The molecule has 3 aromatic rings. The Morgan fingerprint density at radius 2 is 1.91 bits per heavy atom. The molecule has 0 N–H and O–H groups in total. The highest BCUT2D eigenvalue weighted by Gasteiger charge is 2.12. The van der Waals surface area contributed by atoms with Crippen LogP contribution in [0.4, 0.5) is 0 Å². The zero-order chi connectivity index (χ0) is 16.6. The number of thioether (sulfide) groups is 1. The fraction of sp³-hybridized carbons (Fsp3) is 0.188. The van der Waals surface area contributed by atoms with Gasteiger partial charge in [-0.15, -0.1) is 0 Å². The molecule has 1 aromatic carbocycles. The maximum atomic E-state index is 6.22. The summed E-state index contributed by atoms with van der Waals surface area (Å²) in [4.78, 5) is 4.51. The van der Waals surface area contributed by atoms with Gasteiger partial charge in [-0.1, -0.05) is 29.3 Å². The summed E-state index contributed by atoms with van der Waals surface area (Å²) < 4.78 is 4.21. The van der Waals surface area contributed by atoms with Crippen LogP contribution in [-0.4, -0.2) is 9.38 Å². The van der Waals surface area contributed by atoms with E-state index in [1.165, 1.54) is 0 Å². The molecule has 0 radical (unpaired) electrons. The molecule has 0 fully saturated rings. The van der Waals surface area contributed by atoms with Gasteiger partial charge in [0.2, 0.25) is 0 Å². The maximum Gasteiger partial charge on any atom is 0.151 e. The molecule has 2 aromatic heterocycles. The number of halogens is 4. The highest BCUT2D eigenvalue weighted by molar-refractivity contribution is 9.11. The van der Waals surface area contributed by atoms with Crippen LogP contribution in [0, 0.1) is 6.92 Å². The fourth-order valence-corrected chi connectivity index (χ4v) is 5.09. The quantitative estimate of drug-likeness (QED) is 0.392. The predicted octanol–water partition coefficient (Wildman–Crippen LogP) is 6.91. The Labute approximate surface area is 165 Å². The number of hydrogen-bond acceptors (Lipinski definition) is 2. The Kier molecular flexibility index (Phi) is 5.64. The van der Waals surface area contributed by atoms with E-state index in [-0.39, 0.29) is 0 Å². The third-order valence-electron chi connectivity index (χ3n) is 3.51. The van der Waals surface area contributed by atoms with Crippen LogP contribution >= 0.6 is 66.8 Å². The monoisotopic (exact) mass is 492 g/mol. The molecule has 0 aliphatic rings. The van der Waals surface area contributed by atoms with Gasteiger partial charge in [0.1, 0.15) is 0 Å².